The fraction of sp³-hybridized carbons (Fsp3) is 0.214. The highest BCUT2D eigenvalue weighted by Gasteiger charge is 2.19. The first-order valence-electron chi connectivity index (χ1n) is 6.35. The number of hydrogen-bond donors (Lipinski definition) is 1. The van der Waals surface area contributed by atoms with Crippen LogP contribution in [0.1, 0.15) is 15.2 Å². The molecule has 21 heavy (non-hydrogen) atoms. The van der Waals surface area contributed by atoms with Gasteiger partial charge in [-0.1, -0.05) is 18.2 Å². The molecule has 1 aromatic carbocycles. The Morgan fingerprint density at radius 1 is 1.43 bits per heavy atom. The van der Waals surface area contributed by atoms with Crippen LogP contribution in [-0.2, 0) is 18.4 Å². The Hall–Kier alpha value is -2.25. The summed E-state index contributed by atoms with van der Waals surface area (Å²) >= 11 is 1.45. The van der Waals surface area contributed by atoms with Crippen LogP contribution in [0.25, 0.3) is 10.1 Å². The quantitative estimate of drug-likeness (QED) is 0.803. The number of rotatable bonds is 4. The van der Waals surface area contributed by atoms with Gasteiger partial charge in [0.2, 0.25) is 5.95 Å². The minimum absolute atomic E-state index is 0.195. The average Bonchev–Trinajstić information content (AvgIpc) is 3.04. The van der Waals surface area contributed by atoms with E-state index in [0.717, 1.165) is 15.6 Å². The third-order valence-corrected chi connectivity index (χ3v) is 4.34. The normalized spacial score (nSPS) is 11.0. The first-order valence-corrected chi connectivity index (χ1v) is 7.17. The van der Waals surface area contributed by atoms with E-state index in [1.165, 1.54) is 22.3 Å². The minimum atomic E-state index is -0.195. The molecule has 0 unspecified atom stereocenters. The zero-order valence-electron chi connectivity index (χ0n) is 11.7. The second-order valence-electron chi connectivity index (χ2n) is 4.50. The van der Waals surface area contributed by atoms with E-state index in [2.05, 4.69) is 15.4 Å². The van der Waals surface area contributed by atoms with Gasteiger partial charge in [0.05, 0.1) is 11.5 Å². The van der Waals surface area contributed by atoms with Crippen LogP contribution in [0.15, 0.2) is 30.6 Å². The lowest BCUT2D eigenvalue weighted by molar-refractivity contribution is 0.102. The Labute approximate surface area is 125 Å². The standard InChI is InChI=1S/C14H14N4O2S/c1-18-14(15-8-16-18)17-13(19)12-10(7-20-2)9-5-3-4-6-11(9)21-12/h3-6,8H,7H2,1-2H3,(H,15,16,17,19). The maximum Gasteiger partial charge on any atom is 0.268 e. The molecule has 0 aliphatic rings. The molecule has 0 radical (unpaired) electrons. The van der Waals surface area contributed by atoms with Crippen molar-refractivity contribution in [3.63, 3.8) is 0 Å². The molecule has 6 nitrogen and oxygen atoms in total. The molecule has 2 aromatic heterocycles. The van der Waals surface area contributed by atoms with Gasteiger partial charge < -0.3 is 4.74 Å². The van der Waals surface area contributed by atoms with E-state index in [1.807, 2.05) is 24.3 Å². The van der Waals surface area contributed by atoms with Crippen molar-refractivity contribution in [3.8, 4) is 0 Å². The summed E-state index contributed by atoms with van der Waals surface area (Å²) in [5.41, 5.74) is 0.901. The van der Waals surface area contributed by atoms with Gasteiger partial charge in [0.15, 0.2) is 0 Å². The average molecular weight is 302 g/mol. The first-order chi connectivity index (χ1) is 10.2. The van der Waals surface area contributed by atoms with E-state index >= 15 is 0 Å². The zero-order chi connectivity index (χ0) is 14.8. The van der Waals surface area contributed by atoms with Gasteiger partial charge in [-0.2, -0.15) is 10.1 Å². The number of nitrogens with zero attached hydrogens (tertiary/aromatic N) is 3. The number of thiophene rings is 1. The molecule has 1 N–H and O–H groups in total. The molecule has 0 bridgehead atoms. The van der Waals surface area contributed by atoms with Crippen molar-refractivity contribution in [3.05, 3.63) is 41.0 Å². The number of benzene rings is 1. The second kappa shape index (κ2) is 5.63. The van der Waals surface area contributed by atoms with Crippen LogP contribution in [0.3, 0.4) is 0 Å². The van der Waals surface area contributed by atoms with Crippen LogP contribution in [0.4, 0.5) is 5.95 Å². The van der Waals surface area contributed by atoms with Crippen LogP contribution >= 0.6 is 11.3 Å². The molecule has 0 saturated carbocycles. The molecule has 108 valence electrons. The third-order valence-electron chi connectivity index (χ3n) is 3.13. The van der Waals surface area contributed by atoms with Crippen LogP contribution in [0.2, 0.25) is 0 Å². The van der Waals surface area contributed by atoms with E-state index in [0.29, 0.717) is 17.4 Å². The van der Waals surface area contributed by atoms with Crippen molar-refractivity contribution in [1.29, 1.82) is 0 Å². The number of fused-ring (bicyclic) bond motifs is 1. The number of aromatic nitrogens is 3. The summed E-state index contributed by atoms with van der Waals surface area (Å²) in [6.45, 7) is 0.394. The summed E-state index contributed by atoms with van der Waals surface area (Å²) in [6.07, 6.45) is 1.40. The van der Waals surface area contributed by atoms with Crippen molar-refractivity contribution in [2.75, 3.05) is 12.4 Å². The van der Waals surface area contributed by atoms with Gasteiger partial charge in [0.1, 0.15) is 6.33 Å². The van der Waals surface area contributed by atoms with Crippen molar-refractivity contribution < 1.29 is 9.53 Å². The fourth-order valence-corrected chi connectivity index (χ4v) is 3.24. The topological polar surface area (TPSA) is 69.0 Å². The molecule has 0 aliphatic carbocycles. The highest BCUT2D eigenvalue weighted by Crippen LogP contribution is 2.32. The maximum atomic E-state index is 12.5. The molecular formula is C14H14N4O2S. The van der Waals surface area contributed by atoms with Gasteiger partial charge >= 0.3 is 0 Å². The molecule has 7 heteroatoms. The van der Waals surface area contributed by atoms with E-state index in [9.17, 15) is 4.79 Å². The molecule has 3 aromatic rings. The third kappa shape index (κ3) is 2.53. The lowest BCUT2D eigenvalue weighted by atomic mass is 10.1. The lowest BCUT2D eigenvalue weighted by Gasteiger charge is -2.05. The van der Waals surface area contributed by atoms with Crippen LogP contribution in [0, 0.1) is 0 Å². The van der Waals surface area contributed by atoms with Crippen molar-refractivity contribution >= 4 is 33.3 Å². The Morgan fingerprint density at radius 2 is 2.24 bits per heavy atom. The second-order valence-corrected chi connectivity index (χ2v) is 5.55. The largest absolute Gasteiger partial charge is 0.380 e. The predicted molar refractivity (Wildman–Crippen MR) is 81.5 cm³/mol. The predicted octanol–water partition coefficient (Wildman–Crippen LogP) is 2.43. The zero-order valence-corrected chi connectivity index (χ0v) is 12.5. The molecule has 0 saturated heterocycles. The molecule has 2 heterocycles. The van der Waals surface area contributed by atoms with Gasteiger partial charge in [-0.05, 0) is 11.5 Å². The number of aryl methyl sites for hydroxylation is 1. The molecule has 0 fully saturated rings. The summed E-state index contributed by atoms with van der Waals surface area (Å²) in [5.74, 6) is 0.222. The van der Waals surface area contributed by atoms with E-state index in [1.54, 1.807) is 14.2 Å². The number of carbonyl (C=O) groups excluding carboxylic acids is 1. The summed E-state index contributed by atoms with van der Waals surface area (Å²) in [4.78, 5) is 17.1. The molecular weight excluding hydrogens is 288 g/mol. The number of nitrogens with one attached hydrogen (secondary N) is 1. The smallest absolute Gasteiger partial charge is 0.268 e. The number of methoxy groups -OCH3 is 1. The molecule has 1 amide bonds. The number of anilines is 1. The van der Waals surface area contributed by atoms with Crippen LogP contribution in [0.5, 0.6) is 0 Å². The summed E-state index contributed by atoms with van der Waals surface area (Å²) in [5, 5.41) is 7.75. The van der Waals surface area contributed by atoms with E-state index < -0.39 is 0 Å². The lowest BCUT2D eigenvalue weighted by Crippen LogP contribution is -2.15. The highest BCUT2D eigenvalue weighted by atomic mass is 32.1. The molecule has 0 spiro atoms. The summed E-state index contributed by atoms with van der Waals surface area (Å²) < 4.78 is 7.82. The Balaban J connectivity index is 2.00. The van der Waals surface area contributed by atoms with Crippen molar-refractivity contribution in [2.45, 2.75) is 6.61 Å². The van der Waals surface area contributed by atoms with Gasteiger partial charge in [-0.15, -0.1) is 11.3 Å². The minimum Gasteiger partial charge on any atom is -0.380 e. The van der Waals surface area contributed by atoms with Crippen molar-refractivity contribution in [1.82, 2.24) is 14.8 Å². The number of hydrogen-bond acceptors (Lipinski definition) is 5. The van der Waals surface area contributed by atoms with Crippen LogP contribution < -0.4 is 5.32 Å². The van der Waals surface area contributed by atoms with Gasteiger partial charge in [0.25, 0.3) is 5.91 Å². The van der Waals surface area contributed by atoms with Crippen LogP contribution in [-0.4, -0.2) is 27.8 Å². The molecule has 0 aliphatic heterocycles. The van der Waals surface area contributed by atoms with E-state index in [-0.39, 0.29) is 5.91 Å². The maximum absolute atomic E-state index is 12.5. The van der Waals surface area contributed by atoms with E-state index in [4.69, 9.17) is 4.74 Å². The number of carbonyl (C=O) groups is 1. The molecule has 0 atom stereocenters. The Bertz CT molecular complexity index is 793. The Kier molecular flexibility index (Phi) is 3.68. The first kappa shape index (κ1) is 13.7. The highest BCUT2D eigenvalue weighted by molar-refractivity contribution is 7.21. The van der Waals surface area contributed by atoms with Gasteiger partial charge in [0, 0.05) is 24.4 Å². The SMILES string of the molecule is COCc1c(C(=O)Nc2ncnn2C)sc2ccccc12. The monoisotopic (exact) mass is 302 g/mol. The number of ether oxygens (including phenoxy) is 1. The Morgan fingerprint density at radius 3 is 2.95 bits per heavy atom. The van der Waals surface area contributed by atoms with Gasteiger partial charge in [-0.3, -0.25) is 10.1 Å². The molecule has 3 rings (SSSR count). The summed E-state index contributed by atoms with van der Waals surface area (Å²) in [7, 11) is 3.35. The van der Waals surface area contributed by atoms with Gasteiger partial charge in [-0.25, -0.2) is 4.68 Å². The van der Waals surface area contributed by atoms with Crippen molar-refractivity contribution in [2.24, 2.45) is 7.05 Å². The summed E-state index contributed by atoms with van der Waals surface area (Å²) in [6, 6.07) is 7.91. The fourth-order valence-electron chi connectivity index (χ4n) is 2.14. The number of amides is 1.